The number of aliphatic carboxylic acids is 2. The molecule has 1 unspecified atom stereocenters. The minimum atomic E-state index is -2.25. The molecule has 0 bridgehead atoms. The highest BCUT2D eigenvalue weighted by molar-refractivity contribution is 6.58. The van der Waals surface area contributed by atoms with E-state index >= 15 is 0 Å². The monoisotopic (exact) mass is 242 g/mol. The highest BCUT2D eigenvalue weighted by Gasteiger charge is 2.46. The van der Waals surface area contributed by atoms with Gasteiger partial charge in [0, 0.05) is 0 Å². The minimum absolute atomic E-state index is 0.158. The Hall–Kier alpha value is -0.480. The van der Waals surface area contributed by atoms with E-state index in [4.69, 9.17) is 33.4 Å². The van der Waals surface area contributed by atoms with Gasteiger partial charge in [-0.2, -0.15) is 0 Å². The van der Waals surface area contributed by atoms with Crippen LogP contribution in [0.25, 0.3) is 0 Å². The molecule has 0 saturated heterocycles. The van der Waals surface area contributed by atoms with Crippen LogP contribution in [0.4, 0.5) is 0 Å². The Bertz CT molecular complexity index is 227. The average Bonchev–Trinajstić information content (AvgIpc) is 2.03. The van der Waals surface area contributed by atoms with Crippen LogP contribution in [0.5, 0.6) is 0 Å². The molecule has 82 valence electrons. The number of carbonyl (C=O) groups is 2. The molecule has 2 N–H and O–H groups in total. The molecule has 0 aliphatic carbocycles. The van der Waals surface area contributed by atoms with E-state index in [1.165, 1.54) is 0 Å². The zero-order chi connectivity index (χ0) is 11.4. The third kappa shape index (κ3) is 3.35. The first kappa shape index (κ1) is 13.5. The van der Waals surface area contributed by atoms with Crippen LogP contribution in [0.1, 0.15) is 26.2 Å². The molecular formula is C8H12Cl2O4. The Balaban J connectivity index is 4.64. The van der Waals surface area contributed by atoms with Crippen LogP contribution in [0, 0.1) is 5.92 Å². The van der Waals surface area contributed by atoms with E-state index < -0.39 is 22.2 Å². The average molecular weight is 243 g/mol. The SMILES string of the molecule is CCCCC(C(=O)O)C(Cl)(Cl)C(=O)O. The summed E-state index contributed by atoms with van der Waals surface area (Å²) in [5, 5.41) is 17.4. The van der Waals surface area contributed by atoms with E-state index in [2.05, 4.69) is 0 Å². The number of unbranched alkanes of at least 4 members (excludes halogenated alkanes) is 1. The van der Waals surface area contributed by atoms with Crippen LogP contribution in [-0.2, 0) is 9.59 Å². The normalized spacial score (nSPS) is 13.6. The largest absolute Gasteiger partial charge is 0.481 e. The predicted molar refractivity (Wildman–Crippen MR) is 52.7 cm³/mol. The second kappa shape index (κ2) is 5.41. The topological polar surface area (TPSA) is 74.6 Å². The van der Waals surface area contributed by atoms with E-state index in [1.807, 2.05) is 6.92 Å². The summed E-state index contributed by atoms with van der Waals surface area (Å²) >= 11 is 10.9. The smallest absolute Gasteiger partial charge is 0.341 e. The van der Waals surface area contributed by atoms with Gasteiger partial charge >= 0.3 is 11.9 Å². The summed E-state index contributed by atoms with van der Waals surface area (Å²) in [6, 6.07) is 0. The molecule has 0 aliphatic heterocycles. The lowest BCUT2D eigenvalue weighted by Gasteiger charge is -2.22. The molecule has 4 nitrogen and oxygen atoms in total. The van der Waals surface area contributed by atoms with Crippen molar-refractivity contribution in [1.29, 1.82) is 0 Å². The maximum absolute atomic E-state index is 10.7. The van der Waals surface area contributed by atoms with Crippen LogP contribution in [0.15, 0.2) is 0 Å². The van der Waals surface area contributed by atoms with Gasteiger partial charge in [-0.25, -0.2) is 4.79 Å². The summed E-state index contributed by atoms with van der Waals surface area (Å²) in [7, 11) is 0. The standard InChI is InChI=1S/C8H12Cl2O4/c1-2-3-4-5(6(11)12)8(9,10)7(13)14/h5H,2-4H2,1H3,(H,11,12)(H,13,14). The molecule has 0 rings (SSSR count). The number of hydrogen-bond acceptors (Lipinski definition) is 2. The number of hydrogen-bond donors (Lipinski definition) is 2. The number of alkyl halides is 2. The molecule has 0 aliphatic rings. The molecule has 0 amide bonds. The van der Waals surface area contributed by atoms with Crippen molar-refractivity contribution >= 4 is 35.1 Å². The molecule has 0 fully saturated rings. The van der Waals surface area contributed by atoms with Crippen LogP contribution < -0.4 is 0 Å². The summed E-state index contributed by atoms with van der Waals surface area (Å²) in [6.45, 7) is 1.86. The van der Waals surface area contributed by atoms with Crippen LogP contribution in [0.3, 0.4) is 0 Å². The quantitative estimate of drug-likeness (QED) is 0.701. The number of carboxylic acid groups (broad SMARTS) is 2. The highest BCUT2D eigenvalue weighted by Crippen LogP contribution is 2.34. The molecule has 0 spiro atoms. The van der Waals surface area contributed by atoms with Gasteiger partial charge in [0.1, 0.15) is 5.92 Å². The maximum Gasteiger partial charge on any atom is 0.341 e. The Labute approximate surface area is 91.8 Å². The van der Waals surface area contributed by atoms with Crippen LogP contribution >= 0.6 is 23.2 Å². The summed E-state index contributed by atoms with van der Waals surface area (Å²) in [5.41, 5.74) is 0. The molecular weight excluding hydrogens is 231 g/mol. The fourth-order valence-corrected chi connectivity index (χ4v) is 1.42. The van der Waals surface area contributed by atoms with Crippen LogP contribution in [-0.4, -0.2) is 26.5 Å². The van der Waals surface area contributed by atoms with Crippen molar-refractivity contribution in [3.63, 3.8) is 0 Å². The first-order chi connectivity index (χ1) is 6.34. The Morgan fingerprint density at radius 1 is 1.36 bits per heavy atom. The van der Waals surface area contributed by atoms with E-state index in [9.17, 15) is 9.59 Å². The van der Waals surface area contributed by atoms with Gasteiger partial charge in [0.05, 0.1) is 0 Å². The van der Waals surface area contributed by atoms with Crippen LogP contribution in [0.2, 0.25) is 0 Å². The van der Waals surface area contributed by atoms with Gasteiger partial charge in [0.25, 0.3) is 0 Å². The molecule has 14 heavy (non-hydrogen) atoms. The van der Waals surface area contributed by atoms with Gasteiger partial charge < -0.3 is 10.2 Å². The van der Waals surface area contributed by atoms with Gasteiger partial charge in [-0.1, -0.05) is 43.0 Å². The maximum atomic E-state index is 10.7. The van der Waals surface area contributed by atoms with Gasteiger partial charge in [-0.15, -0.1) is 0 Å². The molecule has 0 saturated carbocycles. The van der Waals surface area contributed by atoms with Gasteiger partial charge in [-0.3, -0.25) is 4.79 Å². The van der Waals surface area contributed by atoms with E-state index in [-0.39, 0.29) is 6.42 Å². The second-order valence-corrected chi connectivity index (χ2v) is 4.35. The highest BCUT2D eigenvalue weighted by atomic mass is 35.5. The zero-order valence-electron chi connectivity index (χ0n) is 7.67. The van der Waals surface area contributed by atoms with Gasteiger partial charge in [-0.05, 0) is 6.42 Å². The zero-order valence-corrected chi connectivity index (χ0v) is 9.18. The van der Waals surface area contributed by atoms with Crippen molar-refractivity contribution < 1.29 is 19.8 Å². The van der Waals surface area contributed by atoms with Crippen molar-refractivity contribution in [3.8, 4) is 0 Å². The Morgan fingerprint density at radius 3 is 2.14 bits per heavy atom. The van der Waals surface area contributed by atoms with E-state index in [1.54, 1.807) is 0 Å². The van der Waals surface area contributed by atoms with Crippen molar-refractivity contribution in [1.82, 2.24) is 0 Å². The fraction of sp³-hybridized carbons (Fsp3) is 0.750. The summed E-state index contributed by atoms with van der Waals surface area (Å²) in [4.78, 5) is 21.3. The lowest BCUT2D eigenvalue weighted by atomic mass is 9.98. The van der Waals surface area contributed by atoms with Crippen molar-refractivity contribution in [3.05, 3.63) is 0 Å². The first-order valence-corrected chi connectivity index (χ1v) is 4.93. The molecule has 0 radical (unpaired) electrons. The summed E-state index contributed by atoms with van der Waals surface area (Å²) in [5.74, 6) is -4.08. The van der Waals surface area contributed by atoms with Crippen molar-refractivity contribution in [2.45, 2.75) is 30.5 Å². The predicted octanol–water partition coefficient (Wildman–Crippen LogP) is 2.14. The first-order valence-electron chi connectivity index (χ1n) is 4.18. The van der Waals surface area contributed by atoms with E-state index in [0.29, 0.717) is 6.42 Å². The van der Waals surface area contributed by atoms with Gasteiger partial charge in [0.15, 0.2) is 0 Å². The minimum Gasteiger partial charge on any atom is -0.481 e. The third-order valence-electron chi connectivity index (χ3n) is 1.87. The molecule has 0 aromatic carbocycles. The van der Waals surface area contributed by atoms with Crippen molar-refractivity contribution in [2.75, 3.05) is 0 Å². The Morgan fingerprint density at radius 2 is 1.86 bits per heavy atom. The van der Waals surface area contributed by atoms with Gasteiger partial charge in [0.2, 0.25) is 4.33 Å². The van der Waals surface area contributed by atoms with Crippen molar-refractivity contribution in [2.24, 2.45) is 5.92 Å². The molecule has 0 aromatic heterocycles. The fourth-order valence-electron chi connectivity index (χ4n) is 1.02. The summed E-state index contributed by atoms with van der Waals surface area (Å²) in [6.07, 6.45) is 1.49. The second-order valence-electron chi connectivity index (χ2n) is 2.96. The molecule has 1 atom stereocenters. The number of halogens is 2. The molecule has 6 heteroatoms. The molecule has 0 aromatic rings. The summed E-state index contributed by atoms with van der Waals surface area (Å²) < 4.78 is -2.25. The lowest BCUT2D eigenvalue weighted by Crippen LogP contribution is -2.39. The molecule has 0 heterocycles. The van der Waals surface area contributed by atoms with E-state index in [0.717, 1.165) is 6.42 Å². The third-order valence-corrected chi connectivity index (χ3v) is 2.72. The lowest BCUT2D eigenvalue weighted by molar-refractivity contribution is -0.149. The number of carboxylic acids is 2. The Kier molecular flexibility index (Phi) is 5.23. The number of rotatable bonds is 6.